The smallest absolute Gasteiger partial charge is 0.346 e. The Morgan fingerprint density at radius 2 is 2.27 bits per heavy atom. The lowest BCUT2D eigenvalue weighted by Crippen LogP contribution is -2.04. The number of furan rings is 1. The van der Waals surface area contributed by atoms with Crippen LogP contribution in [0.15, 0.2) is 28.7 Å². The van der Waals surface area contributed by atoms with Gasteiger partial charge in [-0.1, -0.05) is 18.2 Å². The fourth-order valence-electron chi connectivity index (χ4n) is 1.48. The summed E-state index contributed by atoms with van der Waals surface area (Å²) >= 11 is 0. The van der Waals surface area contributed by atoms with Gasteiger partial charge in [0.2, 0.25) is 0 Å². The highest BCUT2D eigenvalue weighted by Crippen LogP contribution is 2.28. The number of aliphatic carboxylic acids is 1. The molecule has 4 heteroatoms. The van der Waals surface area contributed by atoms with Gasteiger partial charge in [-0.25, -0.2) is 9.18 Å². The van der Waals surface area contributed by atoms with Gasteiger partial charge in [-0.3, -0.25) is 0 Å². The predicted molar refractivity (Wildman–Crippen MR) is 52.4 cm³/mol. The molecule has 0 saturated heterocycles. The van der Waals surface area contributed by atoms with Crippen molar-refractivity contribution >= 4 is 16.9 Å². The van der Waals surface area contributed by atoms with Crippen molar-refractivity contribution in [2.75, 3.05) is 0 Å². The van der Waals surface area contributed by atoms with Crippen molar-refractivity contribution < 1.29 is 18.7 Å². The van der Waals surface area contributed by atoms with E-state index < -0.39 is 12.1 Å². The third kappa shape index (κ3) is 1.58. The van der Waals surface area contributed by atoms with Gasteiger partial charge in [0.1, 0.15) is 5.58 Å². The minimum Gasteiger partial charge on any atom is -0.479 e. The van der Waals surface area contributed by atoms with E-state index in [0.717, 1.165) is 5.56 Å². The summed E-state index contributed by atoms with van der Waals surface area (Å²) in [7, 11) is 0. The molecule has 2 rings (SSSR count). The molecule has 1 N–H and O–H groups in total. The summed E-state index contributed by atoms with van der Waals surface area (Å²) in [4.78, 5) is 10.4. The molecule has 0 spiro atoms. The lowest BCUT2D eigenvalue weighted by atomic mass is 10.2. The highest BCUT2D eigenvalue weighted by atomic mass is 19.1. The van der Waals surface area contributed by atoms with E-state index >= 15 is 0 Å². The molecule has 0 radical (unpaired) electrons. The summed E-state index contributed by atoms with van der Waals surface area (Å²) in [5, 5.41) is 9.21. The molecule has 78 valence electrons. The van der Waals surface area contributed by atoms with Crippen LogP contribution in [0.2, 0.25) is 0 Å². The first kappa shape index (κ1) is 9.71. The first-order chi connectivity index (χ1) is 7.09. The van der Waals surface area contributed by atoms with Crippen molar-refractivity contribution in [3.8, 4) is 0 Å². The molecule has 1 aromatic carbocycles. The van der Waals surface area contributed by atoms with Crippen LogP contribution in [-0.4, -0.2) is 11.1 Å². The van der Waals surface area contributed by atoms with Crippen LogP contribution in [0.25, 0.3) is 11.0 Å². The quantitative estimate of drug-likeness (QED) is 0.825. The van der Waals surface area contributed by atoms with Crippen molar-refractivity contribution in [3.05, 3.63) is 35.6 Å². The number of carbonyl (C=O) groups is 1. The maximum absolute atomic E-state index is 13.1. The van der Waals surface area contributed by atoms with Crippen molar-refractivity contribution in [1.29, 1.82) is 0 Å². The number of hydrogen-bond acceptors (Lipinski definition) is 2. The van der Waals surface area contributed by atoms with E-state index in [4.69, 9.17) is 9.52 Å². The monoisotopic (exact) mass is 208 g/mol. The van der Waals surface area contributed by atoms with Crippen molar-refractivity contribution in [2.45, 2.75) is 13.1 Å². The van der Waals surface area contributed by atoms with Gasteiger partial charge in [-0.15, -0.1) is 0 Å². The lowest BCUT2D eigenvalue weighted by molar-refractivity contribution is -0.143. The summed E-state index contributed by atoms with van der Waals surface area (Å²) in [5.41, 5.74) is 1.40. The molecular weight excluding hydrogens is 199 g/mol. The minimum absolute atomic E-state index is 0.160. The molecule has 1 atom stereocenters. The Kier molecular flexibility index (Phi) is 2.19. The number of benzene rings is 1. The van der Waals surface area contributed by atoms with E-state index in [0.29, 0.717) is 11.0 Å². The van der Waals surface area contributed by atoms with Crippen LogP contribution in [0, 0.1) is 6.92 Å². The van der Waals surface area contributed by atoms with Crippen molar-refractivity contribution in [3.63, 3.8) is 0 Å². The molecule has 1 unspecified atom stereocenters. The van der Waals surface area contributed by atoms with Gasteiger partial charge in [-0.05, 0) is 18.6 Å². The highest BCUT2D eigenvalue weighted by Gasteiger charge is 2.22. The minimum atomic E-state index is -2.10. The summed E-state index contributed by atoms with van der Waals surface area (Å²) in [6.45, 7) is 1.82. The molecule has 3 nitrogen and oxygen atoms in total. The Morgan fingerprint density at radius 1 is 1.53 bits per heavy atom. The largest absolute Gasteiger partial charge is 0.479 e. The van der Waals surface area contributed by atoms with Crippen LogP contribution < -0.4 is 0 Å². The molecule has 0 aliphatic rings. The second-order valence-electron chi connectivity index (χ2n) is 3.34. The van der Waals surface area contributed by atoms with E-state index in [1.807, 2.05) is 19.1 Å². The maximum Gasteiger partial charge on any atom is 0.346 e. The first-order valence-electron chi connectivity index (χ1n) is 4.45. The molecule has 1 aromatic heterocycles. The zero-order chi connectivity index (χ0) is 11.0. The normalized spacial score (nSPS) is 12.9. The van der Waals surface area contributed by atoms with Crippen molar-refractivity contribution in [1.82, 2.24) is 0 Å². The third-order valence-electron chi connectivity index (χ3n) is 2.23. The Bertz CT molecular complexity index is 516. The van der Waals surface area contributed by atoms with E-state index in [1.54, 1.807) is 6.07 Å². The number of carboxylic acids is 1. The maximum atomic E-state index is 13.1. The Morgan fingerprint density at radius 3 is 2.87 bits per heavy atom. The number of alkyl halides is 1. The number of halogens is 1. The van der Waals surface area contributed by atoms with Crippen LogP contribution in [0.5, 0.6) is 0 Å². The standard InChI is InChI=1S/C11H9FO3/c1-6-3-2-4-7-5-8(15-10(6)7)9(12)11(13)14/h2-5,9H,1H3,(H,13,14). The van der Waals surface area contributed by atoms with E-state index in [2.05, 4.69) is 0 Å². The molecular formula is C11H9FO3. The molecule has 1 heterocycles. The predicted octanol–water partition coefficient (Wildman–Crippen LogP) is 2.84. The van der Waals surface area contributed by atoms with Crippen LogP contribution in [0.1, 0.15) is 17.5 Å². The van der Waals surface area contributed by atoms with Gasteiger partial charge in [0.15, 0.2) is 5.76 Å². The number of carboxylic acid groups (broad SMARTS) is 1. The van der Waals surface area contributed by atoms with Gasteiger partial charge in [0, 0.05) is 5.39 Å². The number of fused-ring (bicyclic) bond motifs is 1. The van der Waals surface area contributed by atoms with Crippen molar-refractivity contribution in [2.24, 2.45) is 0 Å². The van der Waals surface area contributed by atoms with Crippen LogP contribution in [-0.2, 0) is 4.79 Å². The molecule has 0 fully saturated rings. The second-order valence-corrected chi connectivity index (χ2v) is 3.34. The Balaban J connectivity index is 2.56. The van der Waals surface area contributed by atoms with Gasteiger partial charge >= 0.3 is 5.97 Å². The van der Waals surface area contributed by atoms with Crippen LogP contribution >= 0.6 is 0 Å². The number of para-hydroxylation sites is 1. The summed E-state index contributed by atoms with van der Waals surface area (Å²) in [5.74, 6) is -1.70. The molecule has 2 aromatic rings. The van der Waals surface area contributed by atoms with Crippen LogP contribution in [0.3, 0.4) is 0 Å². The second kappa shape index (κ2) is 3.38. The number of aryl methyl sites for hydroxylation is 1. The first-order valence-corrected chi connectivity index (χ1v) is 4.45. The molecule has 0 aliphatic carbocycles. The van der Waals surface area contributed by atoms with Gasteiger partial charge in [0.05, 0.1) is 0 Å². The summed E-state index contributed by atoms with van der Waals surface area (Å²) in [6.07, 6.45) is -2.10. The van der Waals surface area contributed by atoms with E-state index in [1.165, 1.54) is 6.07 Å². The number of hydrogen-bond donors (Lipinski definition) is 1. The van der Waals surface area contributed by atoms with Gasteiger partial charge in [-0.2, -0.15) is 0 Å². The number of rotatable bonds is 2. The topological polar surface area (TPSA) is 50.4 Å². The zero-order valence-corrected chi connectivity index (χ0v) is 8.03. The average molecular weight is 208 g/mol. The fourth-order valence-corrected chi connectivity index (χ4v) is 1.48. The summed E-state index contributed by atoms with van der Waals surface area (Å²) in [6, 6.07) is 6.81. The van der Waals surface area contributed by atoms with Gasteiger partial charge in [0.25, 0.3) is 6.17 Å². The molecule has 0 aliphatic heterocycles. The van der Waals surface area contributed by atoms with Gasteiger partial charge < -0.3 is 9.52 Å². The lowest BCUT2D eigenvalue weighted by Gasteiger charge is -1.96. The highest BCUT2D eigenvalue weighted by molar-refractivity contribution is 5.83. The Hall–Kier alpha value is -1.84. The zero-order valence-electron chi connectivity index (χ0n) is 8.03. The SMILES string of the molecule is Cc1cccc2cc(C(F)C(=O)O)oc12. The molecule has 0 amide bonds. The fraction of sp³-hybridized carbons (Fsp3) is 0.182. The molecule has 0 saturated carbocycles. The molecule has 15 heavy (non-hydrogen) atoms. The average Bonchev–Trinajstić information content (AvgIpc) is 2.61. The molecule has 0 bridgehead atoms. The Labute approximate surface area is 85.1 Å². The third-order valence-corrected chi connectivity index (χ3v) is 2.23. The van der Waals surface area contributed by atoms with E-state index in [9.17, 15) is 9.18 Å². The van der Waals surface area contributed by atoms with E-state index in [-0.39, 0.29) is 5.76 Å². The van der Waals surface area contributed by atoms with Crippen LogP contribution in [0.4, 0.5) is 4.39 Å². The summed E-state index contributed by atoms with van der Waals surface area (Å²) < 4.78 is 18.3.